The van der Waals surface area contributed by atoms with Gasteiger partial charge >= 0.3 is 0 Å². The average molecular weight is 224 g/mol. The lowest BCUT2D eigenvalue weighted by atomic mass is 9.96. The highest BCUT2D eigenvalue weighted by atomic mass is 16.2. The van der Waals surface area contributed by atoms with Gasteiger partial charge in [0.2, 0.25) is 5.91 Å². The summed E-state index contributed by atoms with van der Waals surface area (Å²) in [7, 11) is 1.99. The lowest BCUT2D eigenvalue weighted by molar-refractivity contribution is -0.137. The van der Waals surface area contributed by atoms with Crippen LogP contribution in [-0.4, -0.2) is 37.5 Å². The third-order valence-electron chi connectivity index (χ3n) is 4.04. The predicted octanol–water partition coefficient (Wildman–Crippen LogP) is 1.49. The molecule has 0 bridgehead atoms. The molecule has 1 aliphatic carbocycles. The van der Waals surface area contributed by atoms with E-state index < -0.39 is 0 Å². The molecule has 1 saturated heterocycles. The summed E-state index contributed by atoms with van der Waals surface area (Å²) in [5.74, 6) is 2.03. The van der Waals surface area contributed by atoms with Gasteiger partial charge in [-0.3, -0.25) is 4.79 Å². The summed E-state index contributed by atoms with van der Waals surface area (Å²) in [5.41, 5.74) is 0. The molecule has 2 fully saturated rings. The van der Waals surface area contributed by atoms with E-state index in [1.807, 2.05) is 7.05 Å². The van der Waals surface area contributed by atoms with Crippen LogP contribution in [0.1, 0.15) is 32.6 Å². The minimum absolute atomic E-state index is 0.272. The molecule has 92 valence electrons. The average Bonchev–Trinajstić information content (AvgIpc) is 3.12. The van der Waals surface area contributed by atoms with Crippen LogP contribution in [0.2, 0.25) is 0 Å². The second-order valence-electron chi connectivity index (χ2n) is 5.48. The number of likely N-dealkylation sites (tertiary alicyclic amines) is 1. The summed E-state index contributed by atoms with van der Waals surface area (Å²) in [5, 5.41) is 3.22. The highest BCUT2D eigenvalue weighted by Crippen LogP contribution is 2.37. The second-order valence-corrected chi connectivity index (χ2v) is 5.48. The Bertz CT molecular complexity index is 248. The Kier molecular flexibility index (Phi) is 3.85. The van der Waals surface area contributed by atoms with E-state index in [4.69, 9.17) is 0 Å². The van der Waals surface area contributed by atoms with Crippen LogP contribution in [0.5, 0.6) is 0 Å². The lowest BCUT2D eigenvalue weighted by Crippen LogP contribution is -2.44. The molecule has 1 saturated carbocycles. The zero-order valence-electron chi connectivity index (χ0n) is 10.5. The molecule has 2 unspecified atom stereocenters. The van der Waals surface area contributed by atoms with Crippen LogP contribution in [0, 0.1) is 17.8 Å². The molecule has 0 aromatic heterocycles. The lowest BCUT2D eigenvalue weighted by Gasteiger charge is -2.34. The van der Waals surface area contributed by atoms with Crippen molar-refractivity contribution in [2.45, 2.75) is 32.6 Å². The molecule has 1 aliphatic heterocycles. The zero-order chi connectivity index (χ0) is 11.5. The van der Waals surface area contributed by atoms with Gasteiger partial charge in [0.05, 0.1) is 0 Å². The fraction of sp³-hybridized carbons (Fsp3) is 0.923. The number of nitrogens with one attached hydrogen (secondary N) is 1. The molecule has 1 heterocycles. The fourth-order valence-electron chi connectivity index (χ4n) is 2.81. The van der Waals surface area contributed by atoms with Crippen molar-refractivity contribution >= 4 is 5.91 Å². The van der Waals surface area contributed by atoms with Gasteiger partial charge in [0.25, 0.3) is 0 Å². The fourth-order valence-corrected chi connectivity index (χ4v) is 2.81. The molecule has 3 heteroatoms. The van der Waals surface area contributed by atoms with Gasteiger partial charge in [-0.15, -0.1) is 0 Å². The van der Waals surface area contributed by atoms with Crippen LogP contribution in [0.4, 0.5) is 0 Å². The number of amides is 1. The van der Waals surface area contributed by atoms with Crippen molar-refractivity contribution in [1.29, 1.82) is 0 Å². The monoisotopic (exact) mass is 224 g/mol. The number of hydrogen-bond acceptors (Lipinski definition) is 2. The first-order valence-electron chi connectivity index (χ1n) is 6.65. The smallest absolute Gasteiger partial charge is 0.225 e. The van der Waals surface area contributed by atoms with Gasteiger partial charge in [-0.1, -0.05) is 6.92 Å². The first-order valence-corrected chi connectivity index (χ1v) is 6.65. The molecule has 16 heavy (non-hydrogen) atoms. The van der Waals surface area contributed by atoms with E-state index in [1.165, 1.54) is 25.7 Å². The van der Waals surface area contributed by atoms with Crippen LogP contribution < -0.4 is 5.32 Å². The largest absolute Gasteiger partial charge is 0.342 e. The minimum Gasteiger partial charge on any atom is -0.342 e. The molecule has 1 N–H and O–H groups in total. The molecule has 1 amide bonds. The highest BCUT2D eigenvalue weighted by Gasteiger charge is 2.36. The molecule has 2 atom stereocenters. The molecular formula is C13H24N2O. The number of nitrogens with zero attached hydrogens (tertiary/aromatic N) is 1. The first-order chi connectivity index (χ1) is 7.72. The van der Waals surface area contributed by atoms with Crippen LogP contribution in [-0.2, 0) is 4.79 Å². The molecule has 2 rings (SSSR count). The van der Waals surface area contributed by atoms with Crippen molar-refractivity contribution in [2.75, 3.05) is 26.7 Å². The van der Waals surface area contributed by atoms with Crippen molar-refractivity contribution in [3.63, 3.8) is 0 Å². The molecule has 0 aromatic rings. The van der Waals surface area contributed by atoms with Gasteiger partial charge in [0.15, 0.2) is 0 Å². The Hall–Kier alpha value is -0.570. The maximum Gasteiger partial charge on any atom is 0.225 e. The number of carbonyl (C=O) groups is 1. The van der Waals surface area contributed by atoms with Gasteiger partial charge in [-0.2, -0.15) is 0 Å². The topological polar surface area (TPSA) is 32.3 Å². The summed E-state index contributed by atoms with van der Waals surface area (Å²) < 4.78 is 0. The Labute approximate surface area is 98.6 Å². The summed E-state index contributed by atoms with van der Waals surface area (Å²) in [6.45, 7) is 5.11. The van der Waals surface area contributed by atoms with E-state index in [2.05, 4.69) is 17.1 Å². The van der Waals surface area contributed by atoms with E-state index in [-0.39, 0.29) is 5.92 Å². The summed E-state index contributed by atoms with van der Waals surface area (Å²) in [4.78, 5) is 14.3. The number of rotatable bonds is 4. The Morgan fingerprint density at radius 3 is 2.81 bits per heavy atom. The van der Waals surface area contributed by atoms with Gasteiger partial charge in [-0.05, 0) is 51.1 Å². The van der Waals surface area contributed by atoms with Crippen LogP contribution in [0.15, 0.2) is 0 Å². The molecule has 2 aliphatic rings. The van der Waals surface area contributed by atoms with E-state index in [1.54, 1.807) is 0 Å². The zero-order valence-corrected chi connectivity index (χ0v) is 10.5. The molecule has 3 nitrogen and oxygen atoms in total. The van der Waals surface area contributed by atoms with Crippen molar-refractivity contribution in [2.24, 2.45) is 17.8 Å². The van der Waals surface area contributed by atoms with Crippen molar-refractivity contribution in [3.05, 3.63) is 0 Å². The van der Waals surface area contributed by atoms with Gasteiger partial charge in [-0.25, -0.2) is 0 Å². The van der Waals surface area contributed by atoms with Crippen molar-refractivity contribution in [3.8, 4) is 0 Å². The van der Waals surface area contributed by atoms with E-state index in [9.17, 15) is 4.79 Å². The standard InChI is InChI=1S/C13H24N2O/c1-10(12-5-6-12)13(16)15-7-3-4-11(9-15)8-14-2/h10-12,14H,3-9H2,1-2H3. The molecule has 0 radical (unpaired) electrons. The third-order valence-corrected chi connectivity index (χ3v) is 4.04. The van der Waals surface area contributed by atoms with Crippen molar-refractivity contribution < 1.29 is 4.79 Å². The van der Waals surface area contributed by atoms with E-state index in [0.717, 1.165) is 19.6 Å². The second kappa shape index (κ2) is 5.17. The van der Waals surface area contributed by atoms with Crippen molar-refractivity contribution in [1.82, 2.24) is 10.2 Å². The normalized spacial score (nSPS) is 27.9. The first kappa shape index (κ1) is 11.9. The SMILES string of the molecule is CNCC1CCCN(C(=O)C(C)C2CC2)C1. The van der Waals surface area contributed by atoms with Gasteiger partial charge in [0, 0.05) is 19.0 Å². The van der Waals surface area contributed by atoms with Crippen LogP contribution >= 0.6 is 0 Å². The Morgan fingerprint density at radius 1 is 1.44 bits per heavy atom. The van der Waals surface area contributed by atoms with Gasteiger partial charge < -0.3 is 10.2 Å². The van der Waals surface area contributed by atoms with Gasteiger partial charge in [0.1, 0.15) is 0 Å². The van der Waals surface area contributed by atoms with Crippen LogP contribution in [0.3, 0.4) is 0 Å². The van der Waals surface area contributed by atoms with E-state index >= 15 is 0 Å². The predicted molar refractivity (Wildman–Crippen MR) is 65.1 cm³/mol. The number of carbonyl (C=O) groups excluding carboxylic acids is 1. The minimum atomic E-state index is 0.272. The summed E-state index contributed by atoms with van der Waals surface area (Å²) in [6.07, 6.45) is 4.97. The maximum atomic E-state index is 12.2. The highest BCUT2D eigenvalue weighted by molar-refractivity contribution is 5.79. The quantitative estimate of drug-likeness (QED) is 0.784. The number of piperidine rings is 1. The van der Waals surface area contributed by atoms with Crippen LogP contribution in [0.25, 0.3) is 0 Å². The van der Waals surface area contributed by atoms with E-state index in [0.29, 0.717) is 17.7 Å². The molecular weight excluding hydrogens is 200 g/mol. The number of hydrogen-bond donors (Lipinski definition) is 1. The Balaban J connectivity index is 1.85. The summed E-state index contributed by atoms with van der Waals surface area (Å²) >= 11 is 0. The maximum absolute atomic E-state index is 12.2. The molecule has 0 aromatic carbocycles. The molecule has 0 spiro atoms. The Morgan fingerprint density at radius 2 is 2.19 bits per heavy atom. The summed E-state index contributed by atoms with van der Waals surface area (Å²) in [6, 6.07) is 0. The third kappa shape index (κ3) is 2.76.